The largest absolute Gasteiger partial charge is 0.513 e. The van der Waals surface area contributed by atoms with E-state index in [0.29, 0.717) is 12.4 Å². The molecule has 0 aliphatic heterocycles. The minimum absolute atomic E-state index is 0.286. The summed E-state index contributed by atoms with van der Waals surface area (Å²) >= 11 is 0. The molecule has 1 aromatic carbocycles. The SMILES string of the molecule is CCCCCOC(=O)Oc1ccc(N=O)cc1. The zero-order chi connectivity index (χ0) is 12.5. The number of nitroso groups, excluding NO2 is 1. The normalized spacial score (nSPS) is 9.71. The first-order chi connectivity index (χ1) is 8.26. The van der Waals surface area contributed by atoms with Crippen LogP contribution in [-0.2, 0) is 4.74 Å². The predicted octanol–water partition coefficient (Wildman–Crippen LogP) is 3.79. The molecular weight excluding hydrogens is 222 g/mol. The number of nitrogens with zero attached hydrogens (tertiary/aromatic N) is 1. The molecule has 0 fully saturated rings. The van der Waals surface area contributed by atoms with Crippen LogP contribution >= 0.6 is 0 Å². The summed E-state index contributed by atoms with van der Waals surface area (Å²) in [4.78, 5) is 21.4. The Morgan fingerprint density at radius 3 is 2.53 bits per heavy atom. The number of benzene rings is 1. The molecule has 5 nitrogen and oxygen atoms in total. The van der Waals surface area contributed by atoms with E-state index in [-0.39, 0.29) is 5.69 Å². The van der Waals surface area contributed by atoms with Gasteiger partial charge in [-0.1, -0.05) is 19.8 Å². The van der Waals surface area contributed by atoms with E-state index in [9.17, 15) is 9.70 Å². The number of carbonyl (C=O) groups is 1. The molecule has 0 aliphatic carbocycles. The van der Waals surface area contributed by atoms with Crippen molar-refractivity contribution in [1.29, 1.82) is 0 Å². The van der Waals surface area contributed by atoms with Crippen molar-refractivity contribution in [2.24, 2.45) is 5.18 Å². The van der Waals surface area contributed by atoms with Crippen molar-refractivity contribution in [2.75, 3.05) is 6.61 Å². The molecule has 5 heteroatoms. The third-order valence-electron chi connectivity index (χ3n) is 2.11. The van der Waals surface area contributed by atoms with Gasteiger partial charge in [-0.25, -0.2) is 4.79 Å². The summed E-state index contributed by atoms with van der Waals surface area (Å²) in [7, 11) is 0. The molecule has 1 rings (SSSR count). The number of unbranched alkanes of at least 4 members (excludes halogenated alkanes) is 2. The van der Waals surface area contributed by atoms with Crippen LogP contribution < -0.4 is 4.74 Å². The Hall–Kier alpha value is -1.91. The molecular formula is C12H15NO4. The lowest BCUT2D eigenvalue weighted by Gasteiger charge is -2.05. The first-order valence-corrected chi connectivity index (χ1v) is 5.54. The molecule has 1 aromatic rings. The van der Waals surface area contributed by atoms with Crippen molar-refractivity contribution < 1.29 is 14.3 Å². The topological polar surface area (TPSA) is 65.0 Å². The fraction of sp³-hybridized carbons (Fsp3) is 0.417. The first-order valence-electron chi connectivity index (χ1n) is 5.54. The highest BCUT2D eigenvalue weighted by Crippen LogP contribution is 2.17. The van der Waals surface area contributed by atoms with Gasteiger partial charge < -0.3 is 9.47 Å². The second-order valence-electron chi connectivity index (χ2n) is 3.49. The van der Waals surface area contributed by atoms with E-state index in [4.69, 9.17) is 9.47 Å². The maximum absolute atomic E-state index is 11.2. The van der Waals surface area contributed by atoms with Gasteiger partial charge in [-0.15, -0.1) is 4.91 Å². The van der Waals surface area contributed by atoms with Crippen LogP contribution in [0.5, 0.6) is 5.75 Å². The molecule has 17 heavy (non-hydrogen) atoms. The van der Waals surface area contributed by atoms with Gasteiger partial charge in [-0.05, 0) is 35.9 Å². The standard InChI is InChI=1S/C12H15NO4/c1-2-3-4-9-16-12(14)17-11-7-5-10(13-15)6-8-11/h5-8H,2-4,9H2,1H3. The summed E-state index contributed by atoms with van der Waals surface area (Å²) in [6.45, 7) is 2.43. The Bertz CT molecular complexity index is 361. The monoisotopic (exact) mass is 237 g/mol. The molecule has 0 saturated carbocycles. The van der Waals surface area contributed by atoms with Crippen LogP contribution in [0.15, 0.2) is 29.4 Å². The van der Waals surface area contributed by atoms with Crippen molar-refractivity contribution in [3.8, 4) is 5.75 Å². The molecule has 0 aromatic heterocycles. The number of rotatable bonds is 6. The van der Waals surface area contributed by atoms with Crippen molar-refractivity contribution in [2.45, 2.75) is 26.2 Å². The van der Waals surface area contributed by atoms with Crippen molar-refractivity contribution in [3.05, 3.63) is 29.2 Å². The van der Waals surface area contributed by atoms with Gasteiger partial charge in [0.15, 0.2) is 0 Å². The summed E-state index contributed by atoms with van der Waals surface area (Å²) < 4.78 is 9.75. The Kier molecular flexibility index (Phi) is 5.71. The van der Waals surface area contributed by atoms with Crippen LogP contribution in [-0.4, -0.2) is 12.8 Å². The van der Waals surface area contributed by atoms with Gasteiger partial charge in [0.25, 0.3) is 0 Å². The second kappa shape index (κ2) is 7.38. The van der Waals surface area contributed by atoms with Gasteiger partial charge in [0.05, 0.1) is 6.61 Å². The Labute approximate surface area is 99.7 Å². The average molecular weight is 237 g/mol. The Morgan fingerprint density at radius 1 is 1.24 bits per heavy atom. The highest BCUT2D eigenvalue weighted by molar-refractivity contribution is 5.64. The lowest BCUT2D eigenvalue weighted by molar-refractivity contribution is 0.0974. The molecule has 0 atom stereocenters. The van der Waals surface area contributed by atoms with E-state index in [1.807, 2.05) is 0 Å². The zero-order valence-electron chi connectivity index (χ0n) is 9.72. The second-order valence-corrected chi connectivity index (χ2v) is 3.49. The third kappa shape index (κ3) is 5.10. The average Bonchev–Trinajstić information content (AvgIpc) is 2.36. The maximum Gasteiger partial charge on any atom is 0.513 e. The molecule has 0 N–H and O–H groups in total. The highest BCUT2D eigenvalue weighted by atomic mass is 16.7. The van der Waals surface area contributed by atoms with Crippen LogP contribution in [0.3, 0.4) is 0 Å². The zero-order valence-corrected chi connectivity index (χ0v) is 9.72. The van der Waals surface area contributed by atoms with Gasteiger partial charge in [0, 0.05) is 0 Å². The van der Waals surface area contributed by atoms with Crippen molar-refractivity contribution in [3.63, 3.8) is 0 Å². The van der Waals surface area contributed by atoms with Gasteiger partial charge >= 0.3 is 6.16 Å². The Balaban J connectivity index is 2.32. The van der Waals surface area contributed by atoms with Gasteiger partial charge in [0.2, 0.25) is 0 Å². The first kappa shape index (κ1) is 13.2. The predicted molar refractivity (Wildman–Crippen MR) is 63.4 cm³/mol. The third-order valence-corrected chi connectivity index (χ3v) is 2.11. The fourth-order valence-corrected chi connectivity index (χ4v) is 1.21. The van der Waals surface area contributed by atoms with E-state index >= 15 is 0 Å². The molecule has 0 heterocycles. The molecule has 0 spiro atoms. The molecule has 0 amide bonds. The van der Waals surface area contributed by atoms with Gasteiger partial charge in [-0.2, -0.15) is 0 Å². The molecule has 0 unspecified atom stereocenters. The van der Waals surface area contributed by atoms with Crippen LogP contribution in [0.25, 0.3) is 0 Å². The molecule has 0 saturated heterocycles. The number of hydrogen-bond donors (Lipinski definition) is 0. The van der Waals surface area contributed by atoms with Crippen LogP contribution in [0.1, 0.15) is 26.2 Å². The summed E-state index contributed by atoms with van der Waals surface area (Å²) in [5.74, 6) is 0.331. The van der Waals surface area contributed by atoms with Gasteiger partial charge in [-0.3, -0.25) is 0 Å². The molecule has 92 valence electrons. The number of carbonyl (C=O) groups excluding carboxylic acids is 1. The van der Waals surface area contributed by atoms with E-state index < -0.39 is 6.16 Å². The summed E-state index contributed by atoms with van der Waals surface area (Å²) in [5, 5.41) is 2.74. The number of ether oxygens (including phenoxy) is 2. The van der Waals surface area contributed by atoms with Crippen LogP contribution in [0.2, 0.25) is 0 Å². The van der Waals surface area contributed by atoms with E-state index in [2.05, 4.69) is 12.1 Å². The molecule has 0 aliphatic rings. The van der Waals surface area contributed by atoms with Crippen molar-refractivity contribution >= 4 is 11.8 Å². The Morgan fingerprint density at radius 2 is 1.94 bits per heavy atom. The summed E-state index contributed by atoms with van der Waals surface area (Å²) in [5.41, 5.74) is 0.286. The van der Waals surface area contributed by atoms with E-state index in [1.165, 1.54) is 24.3 Å². The fourth-order valence-electron chi connectivity index (χ4n) is 1.21. The summed E-state index contributed by atoms with van der Waals surface area (Å²) in [6.07, 6.45) is 2.19. The molecule has 0 radical (unpaired) electrons. The highest BCUT2D eigenvalue weighted by Gasteiger charge is 2.05. The van der Waals surface area contributed by atoms with Gasteiger partial charge in [0.1, 0.15) is 11.4 Å². The minimum Gasteiger partial charge on any atom is -0.434 e. The smallest absolute Gasteiger partial charge is 0.434 e. The minimum atomic E-state index is -0.729. The summed E-state index contributed by atoms with van der Waals surface area (Å²) in [6, 6.07) is 5.91. The van der Waals surface area contributed by atoms with E-state index in [1.54, 1.807) is 0 Å². The lowest BCUT2D eigenvalue weighted by atomic mass is 10.3. The maximum atomic E-state index is 11.2. The van der Waals surface area contributed by atoms with Crippen LogP contribution in [0.4, 0.5) is 10.5 Å². The van der Waals surface area contributed by atoms with Crippen molar-refractivity contribution in [1.82, 2.24) is 0 Å². The van der Waals surface area contributed by atoms with E-state index in [0.717, 1.165) is 19.3 Å². The van der Waals surface area contributed by atoms with Crippen LogP contribution in [0, 0.1) is 4.91 Å². The lowest BCUT2D eigenvalue weighted by Crippen LogP contribution is -2.11. The number of hydrogen-bond acceptors (Lipinski definition) is 5. The molecule has 0 bridgehead atoms. The quantitative estimate of drug-likeness (QED) is 0.327.